The van der Waals surface area contributed by atoms with Crippen LogP contribution in [0.4, 0.5) is 19.0 Å². The van der Waals surface area contributed by atoms with E-state index in [9.17, 15) is 13.2 Å². The first kappa shape index (κ1) is 17.0. The van der Waals surface area contributed by atoms with Gasteiger partial charge in [0.2, 0.25) is 0 Å². The Hall–Kier alpha value is -3.42. The molecule has 0 aliphatic rings. The summed E-state index contributed by atoms with van der Waals surface area (Å²) in [6.45, 7) is 0.550. The van der Waals surface area contributed by atoms with Crippen molar-refractivity contribution in [1.82, 2.24) is 19.6 Å². The highest BCUT2D eigenvalue weighted by Gasteiger charge is 2.30. The Morgan fingerprint density at radius 1 is 1.00 bits per heavy atom. The number of hydrogen-bond donors (Lipinski definition) is 1. The number of nitrogens with one attached hydrogen (secondary N) is 1. The fourth-order valence-electron chi connectivity index (χ4n) is 2.71. The van der Waals surface area contributed by atoms with Gasteiger partial charge < -0.3 is 5.32 Å². The predicted molar refractivity (Wildman–Crippen MR) is 95.0 cm³/mol. The van der Waals surface area contributed by atoms with E-state index in [1.165, 1.54) is 16.8 Å². The average Bonchev–Trinajstić information content (AvgIpc) is 3.10. The zero-order valence-corrected chi connectivity index (χ0v) is 14.0. The highest BCUT2D eigenvalue weighted by molar-refractivity contribution is 5.64. The van der Waals surface area contributed by atoms with E-state index in [1.54, 1.807) is 30.6 Å². The van der Waals surface area contributed by atoms with Crippen molar-refractivity contribution in [3.63, 3.8) is 0 Å². The number of rotatable bonds is 4. The Bertz CT molecular complexity index is 1070. The number of pyridine rings is 1. The number of hydrogen-bond acceptors (Lipinski definition) is 4. The minimum absolute atomic E-state index is 0.399. The van der Waals surface area contributed by atoms with E-state index in [1.807, 2.05) is 12.1 Å². The molecule has 0 aliphatic heterocycles. The summed E-state index contributed by atoms with van der Waals surface area (Å²) in [7, 11) is 0. The Morgan fingerprint density at radius 3 is 2.59 bits per heavy atom. The second-order valence-electron chi connectivity index (χ2n) is 5.92. The lowest BCUT2D eigenvalue weighted by molar-refractivity contribution is -0.137. The van der Waals surface area contributed by atoms with Gasteiger partial charge in [-0.05, 0) is 42.0 Å². The van der Waals surface area contributed by atoms with E-state index in [2.05, 4.69) is 20.4 Å². The monoisotopic (exact) mass is 369 g/mol. The fourth-order valence-corrected chi connectivity index (χ4v) is 2.71. The van der Waals surface area contributed by atoms with Crippen molar-refractivity contribution >= 4 is 11.5 Å². The normalized spacial score (nSPS) is 11.7. The van der Waals surface area contributed by atoms with Crippen LogP contribution < -0.4 is 5.32 Å². The van der Waals surface area contributed by atoms with Crippen LogP contribution in [0.1, 0.15) is 11.1 Å². The van der Waals surface area contributed by atoms with Crippen LogP contribution in [-0.4, -0.2) is 19.6 Å². The maximum absolute atomic E-state index is 13.0. The summed E-state index contributed by atoms with van der Waals surface area (Å²) >= 11 is 0. The molecular weight excluding hydrogens is 355 g/mol. The molecule has 0 saturated carbocycles. The largest absolute Gasteiger partial charge is 0.416 e. The van der Waals surface area contributed by atoms with Crippen LogP contribution in [0.15, 0.2) is 67.1 Å². The van der Waals surface area contributed by atoms with Crippen molar-refractivity contribution in [2.45, 2.75) is 12.7 Å². The Balaban J connectivity index is 1.66. The molecule has 0 aliphatic carbocycles. The van der Waals surface area contributed by atoms with Crippen LogP contribution >= 0.6 is 0 Å². The van der Waals surface area contributed by atoms with Gasteiger partial charge in [0.1, 0.15) is 5.82 Å². The number of anilines is 1. The van der Waals surface area contributed by atoms with Crippen molar-refractivity contribution in [3.8, 4) is 11.3 Å². The van der Waals surface area contributed by atoms with Gasteiger partial charge in [-0.1, -0.05) is 12.1 Å². The van der Waals surface area contributed by atoms with E-state index in [-0.39, 0.29) is 0 Å². The number of nitrogens with zero attached hydrogens (tertiary/aromatic N) is 4. The van der Waals surface area contributed by atoms with E-state index in [0.29, 0.717) is 29.3 Å². The second kappa shape index (κ2) is 6.71. The molecule has 4 aromatic rings. The van der Waals surface area contributed by atoms with E-state index >= 15 is 0 Å². The van der Waals surface area contributed by atoms with Gasteiger partial charge in [-0.2, -0.15) is 13.2 Å². The minimum atomic E-state index is -4.40. The number of imidazole rings is 1. The summed E-state index contributed by atoms with van der Waals surface area (Å²) in [5.74, 6) is 0.588. The molecule has 0 fully saturated rings. The number of benzene rings is 1. The first-order chi connectivity index (χ1) is 13.0. The van der Waals surface area contributed by atoms with Crippen LogP contribution in [-0.2, 0) is 12.7 Å². The van der Waals surface area contributed by atoms with Crippen molar-refractivity contribution in [3.05, 3.63) is 78.2 Å². The molecule has 1 aromatic carbocycles. The number of halogens is 3. The van der Waals surface area contributed by atoms with E-state index < -0.39 is 11.7 Å². The number of fused-ring (bicyclic) bond motifs is 1. The molecular formula is C19H14F3N5. The van der Waals surface area contributed by atoms with Gasteiger partial charge in [-0.3, -0.25) is 4.98 Å². The third-order valence-corrected chi connectivity index (χ3v) is 4.07. The topological polar surface area (TPSA) is 55.1 Å². The molecule has 0 saturated heterocycles. The Kier molecular flexibility index (Phi) is 4.23. The number of alkyl halides is 3. The van der Waals surface area contributed by atoms with Crippen molar-refractivity contribution < 1.29 is 13.2 Å². The first-order valence-electron chi connectivity index (χ1n) is 8.16. The molecule has 3 heterocycles. The molecule has 0 radical (unpaired) electrons. The van der Waals surface area contributed by atoms with Crippen molar-refractivity contribution in [1.29, 1.82) is 0 Å². The molecule has 3 aromatic heterocycles. The summed E-state index contributed by atoms with van der Waals surface area (Å²) in [4.78, 5) is 8.20. The third kappa shape index (κ3) is 3.59. The zero-order chi connectivity index (χ0) is 18.9. The minimum Gasteiger partial charge on any atom is -0.365 e. The van der Waals surface area contributed by atoms with E-state index in [0.717, 1.165) is 17.7 Å². The molecule has 8 heteroatoms. The highest BCUT2D eigenvalue weighted by atomic mass is 19.4. The van der Waals surface area contributed by atoms with Gasteiger partial charge in [0.25, 0.3) is 0 Å². The predicted octanol–water partition coefficient (Wildman–Crippen LogP) is 4.42. The van der Waals surface area contributed by atoms with Gasteiger partial charge in [-0.25, -0.2) is 9.50 Å². The summed E-state index contributed by atoms with van der Waals surface area (Å²) < 4.78 is 40.5. The van der Waals surface area contributed by atoms with Gasteiger partial charge in [0.05, 0.1) is 17.5 Å². The third-order valence-electron chi connectivity index (χ3n) is 4.07. The van der Waals surface area contributed by atoms with E-state index in [4.69, 9.17) is 0 Å². The maximum atomic E-state index is 13.0. The molecule has 4 rings (SSSR count). The lowest BCUT2D eigenvalue weighted by Crippen LogP contribution is -2.06. The molecule has 136 valence electrons. The van der Waals surface area contributed by atoms with Gasteiger partial charge in [0, 0.05) is 24.5 Å². The Morgan fingerprint density at radius 2 is 1.81 bits per heavy atom. The van der Waals surface area contributed by atoms with Crippen LogP contribution in [0.2, 0.25) is 0 Å². The molecule has 27 heavy (non-hydrogen) atoms. The molecule has 0 amide bonds. The second-order valence-corrected chi connectivity index (χ2v) is 5.92. The lowest BCUT2D eigenvalue weighted by Gasteiger charge is -2.09. The van der Waals surface area contributed by atoms with Crippen LogP contribution in [0.25, 0.3) is 16.9 Å². The number of aromatic nitrogens is 4. The van der Waals surface area contributed by atoms with Gasteiger partial charge in [-0.15, -0.1) is 5.10 Å². The zero-order valence-electron chi connectivity index (χ0n) is 14.0. The maximum Gasteiger partial charge on any atom is 0.416 e. The fraction of sp³-hybridized carbons (Fsp3) is 0.105. The van der Waals surface area contributed by atoms with Gasteiger partial charge in [0.15, 0.2) is 5.65 Å². The average molecular weight is 369 g/mol. The molecule has 5 nitrogen and oxygen atoms in total. The highest BCUT2D eigenvalue weighted by Crippen LogP contribution is 2.32. The molecule has 1 N–H and O–H groups in total. The standard InChI is InChI=1S/C19H14F3N5/c20-19(21,22)15-3-1-2-14(10-15)16-12-25-18-5-4-17(26-27(16)18)24-11-13-6-8-23-9-7-13/h1-10,12H,11H2,(H,24,26). The lowest BCUT2D eigenvalue weighted by atomic mass is 10.1. The smallest absolute Gasteiger partial charge is 0.365 e. The van der Waals surface area contributed by atoms with Crippen LogP contribution in [0.3, 0.4) is 0 Å². The van der Waals surface area contributed by atoms with Crippen LogP contribution in [0, 0.1) is 0 Å². The van der Waals surface area contributed by atoms with Crippen molar-refractivity contribution in [2.24, 2.45) is 0 Å². The summed E-state index contributed by atoms with van der Waals surface area (Å²) in [6, 6.07) is 12.4. The van der Waals surface area contributed by atoms with Gasteiger partial charge >= 0.3 is 6.18 Å². The summed E-state index contributed by atoms with van der Waals surface area (Å²) in [5.41, 5.74) is 1.77. The molecule has 0 bridgehead atoms. The summed E-state index contributed by atoms with van der Waals surface area (Å²) in [6.07, 6.45) is 0.524. The SMILES string of the molecule is FC(F)(F)c1cccc(-c2cnc3ccc(NCc4ccncc4)nn23)c1. The molecule has 0 unspecified atom stereocenters. The molecule has 0 spiro atoms. The first-order valence-corrected chi connectivity index (χ1v) is 8.16. The summed E-state index contributed by atoms with van der Waals surface area (Å²) in [5, 5.41) is 7.65. The van der Waals surface area contributed by atoms with Crippen molar-refractivity contribution in [2.75, 3.05) is 5.32 Å². The Labute approximate surface area is 152 Å². The molecule has 0 atom stereocenters. The quantitative estimate of drug-likeness (QED) is 0.579. The van der Waals surface area contributed by atoms with Crippen LogP contribution in [0.5, 0.6) is 0 Å².